The van der Waals surface area contributed by atoms with Crippen LogP contribution in [0.2, 0.25) is 0 Å². The molecule has 4 rings (SSSR count). The number of carbonyl (C=O) groups is 1. The maximum absolute atomic E-state index is 12.9. The van der Waals surface area contributed by atoms with E-state index in [0.717, 1.165) is 35.4 Å². The number of phenolic OH excluding ortho intramolecular Hbond substituents is 1. The Bertz CT molecular complexity index is 900. The highest BCUT2D eigenvalue weighted by atomic mass is 32.1. The van der Waals surface area contributed by atoms with Gasteiger partial charge in [0.25, 0.3) is 5.91 Å². The predicted octanol–water partition coefficient (Wildman–Crippen LogP) is 5.16. The van der Waals surface area contributed by atoms with Gasteiger partial charge in [-0.15, -0.1) is 11.3 Å². The van der Waals surface area contributed by atoms with Crippen molar-refractivity contribution in [3.05, 3.63) is 45.3 Å². The Labute approximate surface area is 165 Å². The molecule has 5 heteroatoms. The first-order valence-corrected chi connectivity index (χ1v) is 10.6. The molecule has 4 nitrogen and oxygen atoms in total. The van der Waals surface area contributed by atoms with Gasteiger partial charge in [-0.1, -0.05) is 38.8 Å². The van der Waals surface area contributed by atoms with Crippen LogP contribution in [0.4, 0.5) is 5.00 Å². The monoisotopic (exact) mass is 384 g/mol. The second-order valence-corrected chi connectivity index (χ2v) is 9.71. The van der Waals surface area contributed by atoms with Gasteiger partial charge < -0.3 is 15.7 Å². The zero-order chi connectivity index (χ0) is 19.3. The van der Waals surface area contributed by atoms with Crippen LogP contribution >= 0.6 is 11.3 Å². The van der Waals surface area contributed by atoms with Crippen LogP contribution in [0.5, 0.6) is 5.75 Å². The van der Waals surface area contributed by atoms with Gasteiger partial charge in [-0.05, 0) is 55.2 Å². The zero-order valence-corrected chi connectivity index (χ0v) is 17.3. The lowest BCUT2D eigenvalue weighted by Gasteiger charge is -2.36. The van der Waals surface area contributed by atoms with E-state index in [1.54, 1.807) is 17.4 Å². The number of benzene rings is 1. The number of hydrogen-bond acceptors (Lipinski definition) is 4. The van der Waals surface area contributed by atoms with Crippen LogP contribution in [-0.2, 0) is 12.8 Å². The Hall–Kier alpha value is -2.01. The molecule has 3 N–H and O–H groups in total. The number of rotatable bonds is 3. The summed E-state index contributed by atoms with van der Waals surface area (Å²) in [5, 5.41) is 17.7. The van der Waals surface area contributed by atoms with E-state index in [2.05, 4.69) is 31.4 Å². The quantitative estimate of drug-likeness (QED) is 0.685. The van der Waals surface area contributed by atoms with Gasteiger partial charge >= 0.3 is 0 Å². The minimum absolute atomic E-state index is 0.0274. The summed E-state index contributed by atoms with van der Waals surface area (Å²) in [5.41, 5.74) is 4.15. The number of hydrogen-bond donors (Lipinski definition) is 3. The predicted molar refractivity (Wildman–Crippen MR) is 111 cm³/mol. The fraction of sp³-hybridized carbons (Fsp3) is 0.500. The Balaban J connectivity index is 1.66. The SMILES string of the molecule is CCC(C)(C)[C@@H]1CCc2c(sc3c2C(=O)N[C@H](c2cc(C)ccc2O)N3)C1. The van der Waals surface area contributed by atoms with Crippen molar-refractivity contribution in [2.75, 3.05) is 5.32 Å². The fourth-order valence-electron chi connectivity index (χ4n) is 4.31. The van der Waals surface area contributed by atoms with Crippen LogP contribution in [0, 0.1) is 18.3 Å². The van der Waals surface area contributed by atoms with Crippen LogP contribution in [-0.4, -0.2) is 11.0 Å². The molecular formula is C22H28N2O2S. The topological polar surface area (TPSA) is 61.4 Å². The Morgan fingerprint density at radius 1 is 1.30 bits per heavy atom. The van der Waals surface area contributed by atoms with E-state index in [1.165, 1.54) is 16.9 Å². The Kier molecular flexibility index (Phi) is 4.46. The number of fused-ring (bicyclic) bond motifs is 3. The van der Waals surface area contributed by atoms with Gasteiger partial charge in [0, 0.05) is 10.4 Å². The third-order valence-corrected chi connectivity index (χ3v) is 7.74. The zero-order valence-electron chi connectivity index (χ0n) is 16.5. The summed E-state index contributed by atoms with van der Waals surface area (Å²) in [7, 11) is 0. The minimum Gasteiger partial charge on any atom is -0.508 e. The Morgan fingerprint density at radius 3 is 2.81 bits per heavy atom. The molecule has 0 radical (unpaired) electrons. The first-order valence-electron chi connectivity index (χ1n) is 9.81. The second kappa shape index (κ2) is 6.55. The molecule has 1 aromatic carbocycles. The highest BCUT2D eigenvalue weighted by molar-refractivity contribution is 7.16. The molecule has 1 aliphatic carbocycles. The maximum atomic E-state index is 12.9. The first-order chi connectivity index (χ1) is 12.8. The van der Waals surface area contributed by atoms with Crippen LogP contribution < -0.4 is 10.6 Å². The van der Waals surface area contributed by atoms with E-state index in [-0.39, 0.29) is 11.7 Å². The Morgan fingerprint density at radius 2 is 2.07 bits per heavy atom. The largest absolute Gasteiger partial charge is 0.508 e. The fourth-order valence-corrected chi connectivity index (χ4v) is 5.67. The van der Waals surface area contributed by atoms with Gasteiger partial charge in [-0.2, -0.15) is 0 Å². The highest BCUT2D eigenvalue weighted by Gasteiger charge is 2.37. The molecule has 1 aliphatic heterocycles. The van der Waals surface area contributed by atoms with Gasteiger partial charge in [0.2, 0.25) is 0 Å². The minimum atomic E-state index is -0.395. The molecule has 0 bridgehead atoms. The summed E-state index contributed by atoms with van der Waals surface area (Å²) in [6.45, 7) is 8.97. The van der Waals surface area contributed by atoms with Crippen molar-refractivity contribution in [1.82, 2.24) is 5.32 Å². The summed E-state index contributed by atoms with van der Waals surface area (Å²) in [5.74, 6) is 0.836. The molecule has 0 unspecified atom stereocenters. The number of thiophene rings is 1. The third kappa shape index (κ3) is 3.12. The average Bonchev–Trinajstić information content (AvgIpc) is 3.01. The molecule has 144 valence electrons. The lowest BCUT2D eigenvalue weighted by Crippen LogP contribution is -2.38. The average molecular weight is 385 g/mol. The summed E-state index contributed by atoms with van der Waals surface area (Å²) >= 11 is 1.73. The highest BCUT2D eigenvalue weighted by Crippen LogP contribution is 2.47. The van der Waals surface area contributed by atoms with E-state index in [4.69, 9.17) is 0 Å². The van der Waals surface area contributed by atoms with Crippen molar-refractivity contribution < 1.29 is 9.90 Å². The van der Waals surface area contributed by atoms with E-state index >= 15 is 0 Å². The molecule has 2 atom stereocenters. The second-order valence-electron chi connectivity index (χ2n) is 8.60. The summed E-state index contributed by atoms with van der Waals surface area (Å²) < 4.78 is 0. The van der Waals surface area contributed by atoms with Gasteiger partial charge in [0.05, 0.1) is 5.56 Å². The van der Waals surface area contributed by atoms with Crippen LogP contribution in [0.25, 0.3) is 0 Å². The molecule has 1 aromatic heterocycles. The van der Waals surface area contributed by atoms with Crippen molar-refractivity contribution in [2.24, 2.45) is 11.3 Å². The van der Waals surface area contributed by atoms with Gasteiger partial charge in [-0.3, -0.25) is 4.79 Å². The lowest BCUT2D eigenvalue weighted by atomic mass is 9.69. The van der Waals surface area contributed by atoms with Crippen molar-refractivity contribution in [1.29, 1.82) is 0 Å². The third-order valence-electron chi connectivity index (χ3n) is 6.55. The molecule has 0 saturated heterocycles. The molecule has 2 heterocycles. The number of aryl methyl sites for hydroxylation is 1. The van der Waals surface area contributed by atoms with Gasteiger partial charge in [0.1, 0.15) is 16.9 Å². The number of phenols is 1. The number of nitrogens with one attached hydrogen (secondary N) is 2. The lowest BCUT2D eigenvalue weighted by molar-refractivity contribution is 0.0934. The molecule has 2 aliphatic rings. The molecule has 1 amide bonds. The number of carbonyl (C=O) groups excluding carboxylic acids is 1. The molecule has 0 saturated carbocycles. The van der Waals surface area contributed by atoms with Gasteiger partial charge in [0.15, 0.2) is 0 Å². The van der Waals surface area contributed by atoms with E-state index < -0.39 is 6.17 Å². The summed E-state index contributed by atoms with van der Waals surface area (Å²) in [4.78, 5) is 14.3. The van der Waals surface area contributed by atoms with Crippen LogP contribution in [0.3, 0.4) is 0 Å². The molecule has 2 aromatic rings. The van der Waals surface area contributed by atoms with E-state index in [1.807, 2.05) is 19.1 Å². The number of anilines is 1. The normalized spacial score (nSPS) is 21.9. The number of amides is 1. The van der Waals surface area contributed by atoms with Crippen molar-refractivity contribution in [3.8, 4) is 5.75 Å². The first kappa shape index (κ1) is 18.4. The van der Waals surface area contributed by atoms with Crippen LogP contribution in [0.1, 0.15) is 71.7 Å². The summed E-state index contributed by atoms with van der Waals surface area (Å²) in [6.07, 6.45) is 3.96. The van der Waals surface area contributed by atoms with Crippen molar-refractivity contribution in [2.45, 2.75) is 59.5 Å². The smallest absolute Gasteiger partial charge is 0.256 e. The van der Waals surface area contributed by atoms with Crippen LogP contribution in [0.15, 0.2) is 18.2 Å². The molecule has 0 fully saturated rings. The van der Waals surface area contributed by atoms with E-state index in [0.29, 0.717) is 16.9 Å². The molecule has 0 spiro atoms. The molecular weight excluding hydrogens is 356 g/mol. The van der Waals surface area contributed by atoms with Crippen molar-refractivity contribution >= 4 is 22.2 Å². The summed E-state index contributed by atoms with van der Waals surface area (Å²) in [6, 6.07) is 5.48. The standard InChI is InChI=1S/C22H28N2O2S/c1-5-22(3,4)13-7-8-14-17(11-13)27-21-18(14)20(26)23-19(24-21)15-10-12(2)6-9-16(15)25/h6,9-10,13,19,24-25H,5,7-8,11H2,1-4H3,(H,23,26)/t13-,19+/m1/s1. The van der Waals surface area contributed by atoms with E-state index in [9.17, 15) is 9.90 Å². The maximum Gasteiger partial charge on any atom is 0.256 e. The number of aromatic hydroxyl groups is 1. The van der Waals surface area contributed by atoms with Crippen molar-refractivity contribution in [3.63, 3.8) is 0 Å². The van der Waals surface area contributed by atoms with Gasteiger partial charge in [-0.25, -0.2) is 0 Å². The molecule has 27 heavy (non-hydrogen) atoms.